The van der Waals surface area contributed by atoms with Crippen molar-refractivity contribution in [3.05, 3.63) is 21.7 Å². The molecule has 7 nitrogen and oxygen atoms in total. The number of aryl methyl sites for hydroxylation is 1. The first-order valence-corrected chi connectivity index (χ1v) is 13.5. The molecule has 3 rings (SSSR count). The van der Waals surface area contributed by atoms with Crippen LogP contribution < -0.4 is 0 Å². The van der Waals surface area contributed by atoms with Crippen molar-refractivity contribution in [3.8, 4) is 0 Å². The Morgan fingerprint density at radius 1 is 1.23 bits per heavy atom. The number of hydrogen-bond donors (Lipinski definition) is 2. The number of ketones is 1. The maximum atomic E-state index is 13.2. The molecule has 0 radical (unpaired) electrons. The van der Waals surface area contributed by atoms with E-state index in [0.717, 1.165) is 35.5 Å². The highest BCUT2D eigenvalue weighted by Crippen LogP contribution is 2.45. The molecule has 8 heteroatoms. The largest absolute Gasteiger partial charge is 0.458 e. The Morgan fingerprint density at radius 2 is 1.91 bits per heavy atom. The number of carbonyl (C=O) groups is 2. The smallest absolute Gasteiger partial charge is 0.309 e. The third kappa shape index (κ3) is 6.59. The summed E-state index contributed by atoms with van der Waals surface area (Å²) in [5.41, 5.74) is 0.179. The Labute approximate surface area is 212 Å². The second-order valence-electron chi connectivity index (χ2n) is 11.3. The lowest BCUT2D eigenvalue weighted by Crippen LogP contribution is -2.45. The molecule has 0 amide bonds. The Balaban J connectivity index is 1.85. The zero-order chi connectivity index (χ0) is 26.1. The van der Waals surface area contributed by atoms with Crippen LogP contribution in [0.5, 0.6) is 0 Å². The summed E-state index contributed by atoms with van der Waals surface area (Å²) in [6.45, 7) is 12.8. The fourth-order valence-corrected chi connectivity index (χ4v) is 5.64. The first-order valence-electron chi connectivity index (χ1n) is 12.6. The van der Waals surface area contributed by atoms with Crippen molar-refractivity contribution < 1.29 is 29.3 Å². The summed E-state index contributed by atoms with van der Waals surface area (Å²) >= 11 is 1.56. The number of hydrogen-bond acceptors (Lipinski definition) is 8. The first-order chi connectivity index (χ1) is 16.2. The van der Waals surface area contributed by atoms with Crippen LogP contribution in [0.1, 0.15) is 84.3 Å². The van der Waals surface area contributed by atoms with E-state index in [-0.39, 0.29) is 29.8 Å². The number of aromatic nitrogens is 1. The van der Waals surface area contributed by atoms with Gasteiger partial charge in [0.05, 0.1) is 46.5 Å². The van der Waals surface area contributed by atoms with Crippen molar-refractivity contribution in [2.75, 3.05) is 0 Å². The number of nitrogens with zero attached hydrogens (tertiary/aromatic N) is 1. The number of epoxide rings is 1. The van der Waals surface area contributed by atoms with Gasteiger partial charge in [0.15, 0.2) is 0 Å². The van der Waals surface area contributed by atoms with E-state index in [4.69, 9.17) is 9.47 Å². The van der Waals surface area contributed by atoms with Crippen molar-refractivity contribution in [2.45, 2.75) is 111 Å². The summed E-state index contributed by atoms with van der Waals surface area (Å²) in [4.78, 5) is 30.6. The number of esters is 1. The topological polar surface area (TPSA) is 109 Å². The summed E-state index contributed by atoms with van der Waals surface area (Å²) < 4.78 is 11.9. The van der Waals surface area contributed by atoms with Gasteiger partial charge in [-0.2, -0.15) is 0 Å². The van der Waals surface area contributed by atoms with E-state index < -0.39 is 35.6 Å². The van der Waals surface area contributed by atoms with E-state index >= 15 is 0 Å². The fraction of sp³-hybridized carbons (Fsp3) is 0.741. The Bertz CT molecular complexity index is 955. The quantitative estimate of drug-likeness (QED) is 0.449. The van der Waals surface area contributed by atoms with Gasteiger partial charge in [-0.05, 0) is 51.2 Å². The van der Waals surface area contributed by atoms with Crippen molar-refractivity contribution >= 4 is 29.2 Å². The zero-order valence-electron chi connectivity index (χ0n) is 22.0. The predicted octanol–water partition coefficient (Wildman–Crippen LogP) is 4.48. The SMILES string of the molecule is C/C(=C\c1csc(C)n1)[C@@H]1C[C@@H]2O[C@]2(C)CCC[C@H](C)[C@H](O)[C@@H](C)C(=O)C(C)(C)C(O)CC(=O)O1. The summed E-state index contributed by atoms with van der Waals surface area (Å²) in [5, 5.41) is 24.6. The van der Waals surface area contributed by atoms with E-state index in [9.17, 15) is 19.8 Å². The molecule has 0 spiro atoms. The van der Waals surface area contributed by atoms with Gasteiger partial charge in [-0.15, -0.1) is 11.3 Å². The maximum Gasteiger partial charge on any atom is 0.309 e. The number of ether oxygens (including phenoxy) is 2. The molecule has 1 aromatic rings. The number of carbonyl (C=O) groups excluding carboxylic acids is 2. The van der Waals surface area contributed by atoms with Crippen molar-refractivity contribution in [1.82, 2.24) is 4.98 Å². The normalized spacial score (nSPS) is 37.5. The highest BCUT2D eigenvalue weighted by atomic mass is 32.1. The number of fused-ring (bicyclic) bond motifs is 1. The lowest BCUT2D eigenvalue weighted by molar-refractivity contribution is -0.154. The van der Waals surface area contributed by atoms with E-state index in [1.54, 1.807) is 32.1 Å². The lowest BCUT2D eigenvalue weighted by atomic mass is 9.73. The van der Waals surface area contributed by atoms with E-state index in [1.165, 1.54) is 0 Å². The molecule has 0 saturated carbocycles. The molecule has 3 heterocycles. The number of Topliss-reactive ketones (excluding diaryl/α,β-unsaturated/α-hetero) is 1. The molecule has 2 saturated heterocycles. The average molecular weight is 508 g/mol. The van der Waals surface area contributed by atoms with Crippen LogP contribution in [0.15, 0.2) is 11.0 Å². The van der Waals surface area contributed by atoms with E-state index in [2.05, 4.69) is 11.9 Å². The summed E-state index contributed by atoms with van der Waals surface area (Å²) in [7, 11) is 0. The number of aliphatic hydroxyl groups is 2. The third-order valence-corrected chi connectivity index (χ3v) is 8.72. The number of rotatable bonds is 2. The van der Waals surface area contributed by atoms with Gasteiger partial charge in [0.1, 0.15) is 11.9 Å². The number of aliphatic hydroxyl groups excluding tert-OH is 2. The molecule has 2 aliphatic rings. The van der Waals surface area contributed by atoms with Gasteiger partial charge in [-0.25, -0.2) is 4.98 Å². The molecule has 2 N–H and O–H groups in total. The van der Waals surface area contributed by atoms with E-state index in [1.807, 2.05) is 32.2 Å². The molecule has 2 aliphatic heterocycles. The van der Waals surface area contributed by atoms with Crippen molar-refractivity contribution in [3.63, 3.8) is 0 Å². The molecular weight excluding hydrogens is 466 g/mol. The van der Waals surface area contributed by atoms with Crippen LogP contribution in [0.4, 0.5) is 0 Å². The maximum absolute atomic E-state index is 13.2. The first kappa shape index (κ1) is 28.0. The molecule has 0 aromatic carbocycles. The summed E-state index contributed by atoms with van der Waals surface area (Å²) in [5.74, 6) is -1.55. The standard InChI is InChI=1S/C27H41NO6S/c1-15-9-8-10-27(7)22(34-27)12-20(16(2)11-19-14-35-18(4)28-19)33-23(30)13-21(29)26(5,6)25(32)17(3)24(15)31/h11,14-15,17,20-22,24,29,31H,8-10,12-13H2,1-7H3/b16-11+/t15-,17+,20-,21?,22-,24-,27+/m0/s1. The molecule has 1 unspecified atom stereocenters. The molecule has 0 aliphatic carbocycles. The fourth-order valence-electron chi connectivity index (χ4n) is 5.07. The van der Waals surface area contributed by atoms with Crippen LogP contribution in [0.3, 0.4) is 0 Å². The van der Waals surface area contributed by atoms with Gasteiger partial charge in [0.2, 0.25) is 0 Å². The average Bonchev–Trinajstić information content (AvgIpc) is 3.22. The molecule has 35 heavy (non-hydrogen) atoms. The monoisotopic (exact) mass is 507 g/mol. The van der Waals surface area contributed by atoms with Crippen molar-refractivity contribution in [2.24, 2.45) is 17.3 Å². The van der Waals surface area contributed by atoms with Gasteiger partial charge in [-0.1, -0.05) is 34.1 Å². The zero-order valence-corrected chi connectivity index (χ0v) is 22.9. The van der Waals surface area contributed by atoms with Gasteiger partial charge in [0, 0.05) is 17.7 Å². The highest BCUT2D eigenvalue weighted by molar-refractivity contribution is 7.09. The number of cyclic esters (lactones) is 1. The van der Waals surface area contributed by atoms with Gasteiger partial charge < -0.3 is 19.7 Å². The summed E-state index contributed by atoms with van der Waals surface area (Å²) in [6.07, 6.45) is 1.98. The van der Waals surface area contributed by atoms with Gasteiger partial charge in [-0.3, -0.25) is 9.59 Å². The molecule has 7 atom stereocenters. The minimum absolute atomic E-state index is 0.0455. The lowest BCUT2D eigenvalue weighted by Gasteiger charge is -2.34. The minimum atomic E-state index is -1.23. The Morgan fingerprint density at radius 3 is 2.54 bits per heavy atom. The highest BCUT2D eigenvalue weighted by Gasteiger charge is 2.53. The number of thiazole rings is 1. The second kappa shape index (κ2) is 10.8. The Kier molecular flexibility index (Phi) is 8.62. The molecule has 2 fully saturated rings. The molecule has 196 valence electrons. The molecule has 0 bridgehead atoms. The summed E-state index contributed by atoms with van der Waals surface area (Å²) in [6, 6.07) is 0. The van der Waals surface area contributed by atoms with Crippen LogP contribution in [0.2, 0.25) is 0 Å². The second-order valence-corrected chi connectivity index (χ2v) is 12.3. The molecular formula is C27H41NO6S. The van der Waals surface area contributed by atoms with Crippen LogP contribution >= 0.6 is 11.3 Å². The van der Waals surface area contributed by atoms with E-state index in [0.29, 0.717) is 6.42 Å². The van der Waals surface area contributed by atoms with Crippen LogP contribution in [0, 0.1) is 24.2 Å². The van der Waals surface area contributed by atoms with Crippen LogP contribution in [-0.2, 0) is 19.1 Å². The van der Waals surface area contributed by atoms with Gasteiger partial charge in [0.25, 0.3) is 0 Å². The minimum Gasteiger partial charge on any atom is -0.458 e. The third-order valence-electron chi connectivity index (χ3n) is 7.93. The predicted molar refractivity (Wildman–Crippen MR) is 136 cm³/mol. The van der Waals surface area contributed by atoms with Crippen LogP contribution in [-0.4, -0.2) is 57.0 Å². The van der Waals surface area contributed by atoms with Crippen LogP contribution in [0.25, 0.3) is 6.08 Å². The Hall–Kier alpha value is -1.61. The van der Waals surface area contributed by atoms with Crippen molar-refractivity contribution in [1.29, 1.82) is 0 Å². The van der Waals surface area contributed by atoms with Gasteiger partial charge >= 0.3 is 5.97 Å². The molecule has 1 aromatic heterocycles.